The Morgan fingerprint density at radius 1 is 1.11 bits per heavy atom. The van der Waals surface area contributed by atoms with Crippen molar-refractivity contribution in [3.05, 3.63) is 34.9 Å². The van der Waals surface area contributed by atoms with E-state index < -0.39 is 0 Å². The molecule has 1 aromatic rings. The standard InChI is InChI=1S/C16H27NS/c1-7-17-15(11-18-16(4,5)6)14-9-12(2)8-13(3)10-14/h8-10,15,17H,7,11H2,1-6H3. The van der Waals surface area contributed by atoms with Gasteiger partial charge in [-0.1, -0.05) is 57.0 Å². The molecule has 1 nitrogen and oxygen atoms in total. The van der Waals surface area contributed by atoms with Crippen molar-refractivity contribution in [3.8, 4) is 0 Å². The molecular formula is C16H27NS. The lowest BCUT2D eigenvalue weighted by Crippen LogP contribution is -2.25. The van der Waals surface area contributed by atoms with Gasteiger partial charge in [0, 0.05) is 16.5 Å². The van der Waals surface area contributed by atoms with E-state index in [1.807, 2.05) is 11.8 Å². The third-order valence-corrected chi connectivity index (χ3v) is 4.15. The number of rotatable bonds is 5. The van der Waals surface area contributed by atoms with E-state index in [2.05, 4.69) is 65.1 Å². The monoisotopic (exact) mass is 265 g/mol. The largest absolute Gasteiger partial charge is 0.310 e. The van der Waals surface area contributed by atoms with Crippen molar-refractivity contribution in [1.82, 2.24) is 5.32 Å². The molecule has 0 saturated carbocycles. The van der Waals surface area contributed by atoms with Gasteiger partial charge in [-0.2, -0.15) is 11.8 Å². The first-order chi connectivity index (χ1) is 8.31. The van der Waals surface area contributed by atoms with E-state index in [1.165, 1.54) is 16.7 Å². The number of thioether (sulfide) groups is 1. The molecule has 0 fully saturated rings. The number of aryl methyl sites for hydroxylation is 2. The first-order valence-corrected chi connectivity index (χ1v) is 7.76. The molecule has 0 aliphatic carbocycles. The Bertz CT molecular complexity index is 359. The van der Waals surface area contributed by atoms with Gasteiger partial charge >= 0.3 is 0 Å². The van der Waals surface area contributed by atoms with Crippen molar-refractivity contribution in [2.45, 2.75) is 52.3 Å². The van der Waals surface area contributed by atoms with Gasteiger partial charge in [0.25, 0.3) is 0 Å². The number of nitrogens with one attached hydrogen (secondary N) is 1. The fourth-order valence-electron chi connectivity index (χ4n) is 2.06. The first-order valence-electron chi connectivity index (χ1n) is 6.77. The molecule has 1 aromatic carbocycles. The Hall–Kier alpha value is -0.470. The summed E-state index contributed by atoms with van der Waals surface area (Å²) in [6.45, 7) is 14.4. The molecule has 1 atom stereocenters. The van der Waals surface area contributed by atoms with Gasteiger partial charge in [0.1, 0.15) is 0 Å². The number of hydrogen-bond acceptors (Lipinski definition) is 2. The molecule has 102 valence electrons. The predicted octanol–water partition coefficient (Wildman–Crippen LogP) is 4.49. The van der Waals surface area contributed by atoms with Gasteiger partial charge in [-0.15, -0.1) is 0 Å². The van der Waals surface area contributed by atoms with Crippen LogP contribution in [0.5, 0.6) is 0 Å². The smallest absolute Gasteiger partial charge is 0.0412 e. The number of hydrogen-bond donors (Lipinski definition) is 1. The summed E-state index contributed by atoms with van der Waals surface area (Å²) in [5, 5.41) is 3.61. The van der Waals surface area contributed by atoms with Crippen molar-refractivity contribution in [3.63, 3.8) is 0 Å². The molecular weight excluding hydrogens is 238 g/mol. The molecule has 0 heterocycles. The molecule has 0 radical (unpaired) electrons. The van der Waals surface area contributed by atoms with Crippen molar-refractivity contribution >= 4 is 11.8 Å². The van der Waals surface area contributed by atoms with Gasteiger partial charge in [-0.3, -0.25) is 0 Å². The van der Waals surface area contributed by atoms with E-state index in [-0.39, 0.29) is 0 Å². The molecule has 0 spiro atoms. The molecule has 18 heavy (non-hydrogen) atoms. The third kappa shape index (κ3) is 5.45. The zero-order valence-corrected chi connectivity index (χ0v) is 13.4. The van der Waals surface area contributed by atoms with Gasteiger partial charge < -0.3 is 5.32 Å². The fraction of sp³-hybridized carbons (Fsp3) is 0.625. The van der Waals surface area contributed by atoms with Crippen LogP contribution in [0.15, 0.2) is 18.2 Å². The fourth-order valence-corrected chi connectivity index (χ4v) is 3.04. The minimum atomic E-state index is 0.326. The molecule has 0 amide bonds. The average Bonchev–Trinajstić information content (AvgIpc) is 2.21. The highest BCUT2D eigenvalue weighted by molar-refractivity contribution is 8.00. The van der Waals surface area contributed by atoms with Crippen LogP contribution in [0.2, 0.25) is 0 Å². The normalized spacial score (nSPS) is 13.7. The van der Waals surface area contributed by atoms with Crippen LogP contribution in [0.1, 0.15) is 50.4 Å². The summed E-state index contributed by atoms with van der Waals surface area (Å²) in [5.41, 5.74) is 4.13. The van der Waals surface area contributed by atoms with Gasteiger partial charge in [0.2, 0.25) is 0 Å². The summed E-state index contributed by atoms with van der Waals surface area (Å²) in [7, 11) is 0. The molecule has 0 saturated heterocycles. The van der Waals surface area contributed by atoms with E-state index in [0.29, 0.717) is 10.8 Å². The van der Waals surface area contributed by atoms with Crippen molar-refractivity contribution in [2.75, 3.05) is 12.3 Å². The predicted molar refractivity (Wildman–Crippen MR) is 84.5 cm³/mol. The molecule has 0 aromatic heterocycles. The Labute approximate surface area is 117 Å². The van der Waals surface area contributed by atoms with Crippen LogP contribution in [-0.4, -0.2) is 17.0 Å². The van der Waals surface area contributed by atoms with Crippen LogP contribution in [-0.2, 0) is 0 Å². The molecule has 2 heteroatoms. The molecule has 0 aliphatic heterocycles. The van der Waals surface area contributed by atoms with Crippen LogP contribution >= 0.6 is 11.8 Å². The minimum Gasteiger partial charge on any atom is -0.310 e. The molecule has 1 rings (SSSR count). The second kappa shape index (κ2) is 6.63. The van der Waals surface area contributed by atoms with Gasteiger partial charge in [0.05, 0.1) is 0 Å². The van der Waals surface area contributed by atoms with E-state index >= 15 is 0 Å². The van der Waals surface area contributed by atoms with Crippen molar-refractivity contribution in [1.29, 1.82) is 0 Å². The summed E-state index contributed by atoms with van der Waals surface area (Å²) in [6, 6.07) is 7.31. The van der Waals surface area contributed by atoms with Crippen LogP contribution in [0.3, 0.4) is 0 Å². The summed E-state index contributed by atoms with van der Waals surface area (Å²) in [4.78, 5) is 0. The van der Waals surface area contributed by atoms with E-state index in [1.54, 1.807) is 0 Å². The topological polar surface area (TPSA) is 12.0 Å². The van der Waals surface area contributed by atoms with Crippen molar-refractivity contribution < 1.29 is 0 Å². The van der Waals surface area contributed by atoms with Gasteiger partial charge in [0.15, 0.2) is 0 Å². The highest BCUT2D eigenvalue weighted by Gasteiger charge is 2.16. The van der Waals surface area contributed by atoms with E-state index in [4.69, 9.17) is 0 Å². The summed E-state index contributed by atoms with van der Waals surface area (Å²) < 4.78 is 0.326. The van der Waals surface area contributed by atoms with Gasteiger partial charge in [-0.25, -0.2) is 0 Å². The lowest BCUT2D eigenvalue weighted by atomic mass is 10.0. The lowest BCUT2D eigenvalue weighted by molar-refractivity contribution is 0.602. The average molecular weight is 265 g/mol. The SMILES string of the molecule is CCNC(CSC(C)(C)C)c1cc(C)cc(C)c1. The van der Waals surface area contributed by atoms with Gasteiger partial charge in [-0.05, 0) is 26.0 Å². The number of benzene rings is 1. The molecule has 0 aliphatic rings. The van der Waals surface area contributed by atoms with E-state index in [0.717, 1.165) is 12.3 Å². The third-order valence-electron chi connectivity index (χ3n) is 2.78. The quantitative estimate of drug-likeness (QED) is 0.842. The maximum atomic E-state index is 3.61. The Morgan fingerprint density at radius 3 is 2.11 bits per heavy atom. The maximum Gasteiger partial charge on any atom is 0.0412 e. The Kier molecular flexibility index (Phi) is 5.74. The highest BCUT2D eigenvalue weighted by Crippen LogP contribution is 2.29. The lowest BCUT2D eigenvalue weighted by Gasteiger charge is -2.24. The highest BCUT2D eigenvalue weighted by atomic mass is 32.2. The molecule has 0 bridgehead atoms. The minimum absolute atomic E-state index is 0.326. The summed E-state index contributed by atoms with van der Waals surface area (Å²) in [6.07, 6.45) is 0. The molecule has 1 unspecified atom stereocenters. The second-order valence-corrected chi connectivity index (χ2v) is 7.80. The van der Waals surface area contributed by atoms with E-state index in [9.17, 15) is 0 Å². The Morgan fingerprint density at radius 2 is 1.67 bits per heavy atom. The van der Waals surface area contributed by atoms with Crippen molar-refractivity contribution in [2.24, 2.45) is 0 Å². The summed E-state index contributed by atoms with van der Waals surface area (Å²) in [5.74, 6) is 1.13. The van der Waals surface area contributed by atoms with Crippen LogP contribution in [0, 0.1) is 13.8 Å². The summed E-state index contributed by atoms with van der Waals surface area (Å²) >= 11 is 2.03. The molecule has 1 N–H and O–H groups in total. The zero-order chi connectivity index (χ0) is 13.8. The Balaban J connectivity index is 2.83. The van der Waals surface area contributed by atoms with Crippen LogP contribution in [0.4, 0.5) is 0 Å². The maximum absolute atomic E-state index is 3.61. The van der Waals surface area contributed by atoms with Crippen LogP contribution in [0.25, 0.3) is 0 Å². The zero-order valence-electron chi connectivity index (χ0n) is 12.6. The first kappa shape index (κ1) is 15.6. The van der Waals surface area contributed by atoms with Crippen LogP contribution < -0.4 is 5.32 Å². The second-order valence-electron chi connectivity index (χ2n) is 5.95.